The van der Waals surface area contributed by atoms with Crippen molar-refractivity contribution in [2.75, 3.05) is 22.1 Å². The maximum atomic E-state index is 5.89. The molecule has 0 radical (unpaired) electrons. The van der Waals surface area contributed by atoms with E-state index in [2.05, 4.69) is 40.5 Å². The first-order chi connectivity index (χ1) is 16.0. The topological polar surface area (TPSA) is 153 Å². The van der Waals surface area contributed by atoms with Gasteiger partial charge in [-0.2, -0.15) is 29.9 Å². The maximum absolute atomic E-state index is 5.89. The molecule has 0 bridgehead atoms. The number of rotatable bonds is 8. The summed E-state index contributed by atoms with van der Waals surface area (Å²) in [6.07, 6.45) is 0. The van der Waals surface area contributed by atoms with Crippen molar-refractivity contribution in [3.05, 3.63) is 71.3 Å². The lowest BCUT2D eigenvalue weighted by atomic mass is 10.2. The van der Waals surface area contributed by atoms with Crippen LogP contribution in [0, 0.1) is 13.8 Å². The fraction of sp³-hybridized carbons (Fsp3) is 0.182. The Morgan fingerprint density at radius 3 is 1.48 bits per heavy atom. The van der Waals surface area contributed by atoms with E-state index in [0.717, 1.165) is 22.5 Å². The van der Waals surface area contributed by atoms with Crippen LogP contribution in [-0.4, -0.2) is 29.9 Å². The molecule has 0 saturated heterocycles. The summed E-state index contributed by atoms with van der Waals surface area (Å²) >= 11 is 1.54. The lowest BCUT2D eigenvalue weighted by molar-refractivity contribution is 0.968. The molecule has 0 atom stereocenters. The molecule has 33 heavy (non-hydrogen) atoms. The Labute approximate surface area is 195 Å². The lowest BCUT2D eigenvalue weighted by Crippen LogP contribution is -2.08. The van der Waals surface area contributed by atoms with Crippen LogP contribution in [0.5, 0.6) is 0 Å². The SMILES string of the molecule is Cc1ccccc1Nc1nc(N)nc(CSCc2nc(N)nc(Nc3ccccc3C)n2)n1. The van der Waals surface area contributed by atoms with Crippen LogP contribution >= 0.6 is 11.8 Å². The summed E-state index contributed by atoms with van der Waals surface area (Å²) in [7, 11) is 0. The van der Waals surface area contributed by atoms with E-state index >= 15 is 0 Å². The van der Waals surface area contributed by atoms with Crippen LogP contribution in [0.3, 0.4) is 0 Å². The second kappa shape index (κ2) is 10.1. The van der Waals surface area contributed by atoms with Gasteiger partial charge in [-0.1, -0.05) is 36.4 Å². The summed E-state index contributed by atoms with van der Waals surface area (Å²) in [5, 5.41) is 6.39. The fourth-order valence-corrected chi connectivity index (χ4v) is 3.74. The van der Waals surface area contributed by atoms with Crippen molar-refractivity contribution in [3.8, 4) is 0 Å². The van der Waals surface area contributed by atoms with E-state index in [1.165, 1.54) is 0 Å². The van der Waals surface area contributed by atoms with Gasteiger partial charge in [-0.15, -0.1) is 11.8 Å². The van der Waals surface area contributed by atoms with E-state index < -0.39 is 0 Å². The zero-order valence-corrected chi connectivity index (χ0v) is 19.1. The van der Waals surface area contributed by atoms with E-state index in [4.69, 9.17) is 11.5 Å². The van der Waals surface area contributed by atoms with E-state index in [0.29, 0.717) is 35.1 Å². The Bertz CT molecular complexity index is 1170. The van der Waals surface area contributed by atoms with Gasteiger partial charge in [0.15, 0.2) is 0 Å². The van der Waals surface area contributed by atoms with Crippen molar-refractivity contribution >= 4 is 46.9 Å². The first-order valence-corrected chi connectivity index (χ1v) is 11.4. The summed E-state index contributed by atoms with van der Waals surface area (Å²) in [6, 6.07) is 15.8. The molecular formula is C22H24N10S. The third-order valence-corrected chi connectivity index (χ3v) is 5.57. The summed E-state index contributed by atoms with van der Waals surface area (Å²) in [5.41, 5.74) is 15.8. The van der Waals surface area contributed by atoms with Crippen LogP contribution in [0.15, 0.2) is 48.5 Å². The number of aromatic nitrogens is 6. The zero-order chi connectivity index (χ0) is 23.2. The molecular weight excluding hydrogens is 436 g/mol. The predicted molar refractivity (Wildman–Crippen MR) is 132 cm³/mol. The Balaban J connectivity index is 1.41. The molecule has 0 aliphatic heterocycles. The molecule has 0 unspecified atom stereocenters. The average molecular weight is 461 g/mol. The van der Waals surface area contributed by atoms with Crippen molar-refractivity contribution in [3.63, 3.8) is 0 Å². The molecule has 0 aliphatic rings. The molecule has 0 fully saturated rings. The second-order valence-corrected chi connectivity index (χ2v) is 8.23. The number of nitrogen functional groups attached to an aromatic ring is 2. The van der Waals surface area contributed by atoms with Crippen molar-refractivity contribution < 1.29 is 0 Å². The van der Waals surface area contributed by atoms with E-state index in [-0.39, 0.29) is 11.9 Å². The molecule has 0 saturated carbocycles. The molecule has 2 aromatic carbocycles. The fourth-order valence-electron chi connectivity index (χ4n) is 3.02. The standard InChI is InChI=1S/C22H24N10S/c1-13-7-3-5-9-15(13)25-21-29-17(27-19(23)31-21)11-33-12-18-28-20(24)32-22(30-18)26-16-10-6-4-8-14(16)2/h3-10H,11-12H2,1-2H3,(H3,23,25,27,29,31)(H3,24,26,28,30,32). The van der Waals surface area contributed by atoms with E-state index in [1.807, 2.05) is 62.4 Å². The Hall–Kier alpha value is -3.99. The Morgan fingerprint density at radius 2 is 1.06 bits per heavy atom. The van der Waals surface area contributed by atoms with Gasteiger partial charge in [-0.25, -0.2) is 0 Å². The highest BCUT2D eigenvalue weighted by molar-refractivity contribution is 7.97. The van der Waals surface area contributed by atoms with Gasteiger partial charge in [0.25, 0.3) is 0 Å². The normalized spacial score (nSPS) is 10.7. The molecule has 4 aromatic rings. The minimum Gasteiger partial charge on any atom is -0.368 e. The van der Waals surface area contributed by atoms with Gasteiger partial charge in [-0.05, 0) is 37.1 Å². The number of para-hydroxylation sites is 2. The summed E-state index contributed by atoms with van der Waals surface area (Å²) in [5.74, 6) is 3.25. The van der Waals surface area contributed by atoms with Gasteiger partial charge in [-0.3, -0.25) is 0 Å². The molecule has 6 N–H and O–H groups in total. The largest absolute Gasteiger partial charge is 0.368 e. The highest BCUT2D eigenvalue weighted by atomic mass is 32.2. The van der Waals surface area contributed by atoms with Gasteiger partial charge in [0.1, 0.15) is 11.6 Å². The number of hydrogen-bond donors (Lipinski definition) is 4. The van der Waals surface area contributed by atoms with Gasteiger partial charge >= 0.3 is 0 Å². The molecule has 2 heterocycles. The predicted octanol–water partition coefficient (Wildman–Crippen LogP) is 3.76. The maximum Gasteiger partial charge on any atom is 0.232 e. The minimum absolute atomic E-state index is 0.158. The molecule has 0 amide bonds. The van der Waals surface area contributed by atoms with Gasteiger partial charge in [0.2, 0.25) is 23.8 Å². The number of aryl methyl sites for hydroxylation is 2. The van der Waals surface area contributed by atoms with Gasteiger partial charge < -0.3 is 22.1 Å². The minimum atomic E-state index is 0.158. The van der Waals surface area contributed by atoms with Crippen molar-refractivity contribution in [2.45, 2.75) is 25.4 Å². The monoisotopic (exact) mass is 460 g/mol. The molecule has 10 nitrogen and oxygen atoms in total. The first kappa shape index (κ1) is 22.2. The number of anilines is 6. The Kier molecular flexibility index (Phi) is 6.79. The van der Waals surface area contributed by atoms with E-state index in [9.17, 15) is 0 Å². The number of nitrogens with one attached hydrogen (secondary N) is 2. The molecule has 168 valence electrons. The van der Waals surface area contributed by atoms with Crippen LogP contribution < -0.4 is 22.1 Å². The number of thioether (sulfide) groups is 1. The van der Waals surface area contributed by atoms with Crippen LogP contribution in [0.4, 0.5) is 35.2 Å². The lowest BCUT2D eigenvalue weighted by Gasteiger charge is -2.10. The molecule has 0 aliphatic carbocycles. The molecule has 0 spiro atoms. The second-order valence-electron chi connectivity index (χ2n) is 7.24. The van der Waals surface area contributed by atoms with Gasteiger partial charge in [0.05, 0.1) is 11.5 Å². The first-order valence-electron chi connectivity index (χ1n) is 10.2. The number of hydrogen-bond acceptors (Lipinski definition) is 11. The van der Waals surface area contributed by atoms with Crippen LogP contribution in [0.2, 0.25) is 0 Å². The highest BCUT2D eigenvalue weighted by Crippen LogP contribution is 2.21. The smallest absolute Gasteiger partial charge is 0.232 e. The number of nitrogens with two attached hydrogens (primary N) is 2. The van der Waals surface area contributed by atoms with Gasteiger partial charge in [0, 0.05) is 11.4 Å². The number of benzene rings is 2. The molecule has 2 aromatic heterocycles. The zero-order valence-electron chi connectivity index (χ0n) is 18.3. The summed E-state index contributed by atoms with van der Waals surface area (Å²) in [4.78, 5) is 25.8. The van der Waals surface area contributed by atoms with Crippen molar-refractivity contribution in [2.24, 2.45) is 0 Å². The summed E-state index contributed by atoms with van der Waals surface area (Å²) in [6.45, 7) is 4.01. The molecule has 11 heteroatoms. The third kappa shape index (κ3) is 6.04. The van der Waals surface area contributed by atoms with Crippen LogP contribution in [0.1, 0.15) is 22.8 Å². The van der Waals surface area contributed by atoms with Crippen LogP contribution in [0.25, 0.3) is 0 Å². The quantitative estimate of drug-likeness (QED) is 0.304. The number of nitrogens with zero attached hydrogens (tertiary/aromatic N) is 6. The van der Waals surface area contributed by atoms with Crippen molar-refractivity contribution in [1.82, 2.24) is 29.9 Å². The summed E-state index contributed by atoms with van der Waals surface area (Å²) < 4.78 is 0. The highest BCUT2D eigenvalue weighted by Gasteiger charge is 2.09. The third-order valence-electron chi connectivity index (χ3n) is 4.64. The van der Waals surface area contributed by atoms with Crippen molar-refractivity contribution in [1.29, 1.82) is 0 Å². The van der Waals surface area contributed by atoms with Crippen LogP contribution in [-0.2, 0) is 11.5 Å². The molecule has 4 rings (SSSR count). The Morgan fingerprint density at radius 1 is 0.636 bits per heavy atom. The average Bonchev–Trinajstić information content (AvgIpc) is 2.76. The van der Waals surface area contributed by atoms with E-state index in [1.54, 1.807) is 11.8 Å².